The third-order valence-electron chi connectivity index (χ3n) is 4.03. The lowest BCUT2D eigenvalue weighted by molar-refractivity contribution is 0.773. The Labute approximate surface area is 160 Å². The van der Waals surface area contributed by atoms with Gasteiger partial charge in [-0.25, -0.2) is 9.36 Å². The van der Waals surface area contributed by atoms with Crippen molar-refractivity contribution in [2.24, 2.45) is 7.05 Å². The van der Waals surface area contributed by atoms with Gasteiger partial charge in [0.25, 0.3) is 5.56 Å². The molecule has 0 unspecified atom stereocenters. The Kier molecular flexibility index (Phi) is 5.11. The van der Waals surface area contributed by atoms with Crippen molar-refractivity contribution in [3.8, 4) is 17.5 Å². The van der Waals surface area contributed by atoms with Crippen LogP contribution in [0.2, 0.25) is 5.02 Å². The van der Waals surface area contributed by atoms with Crippen LogP contribution in [0.4, 0.5) is 0 Å². The van der Waals surface area contributed by atoms with Crippen molar-refractivity contribution in [2.75, 3.05) is 0 Å². The zero-order valence-corrected chi connectivity index (χ0v) is 15.6. The molecule has 3 rings (SSSR count). The van der Waals surface area contributed by atoms with Gasteiger partial charge in [0.2, 0.25) is 0 Å². The largest absolute Gasteiger partial charge is 0.335 e. The molecule has 27 heavy (non-hydrogen) atoms. The van der Waals surface area contributed by atoms with Crippen LogP contribution in [0.5, 0.6) is 0 Å². The number of rotatable bonds is 2. The summed E-state index contributed by atoms with van der Waals surface area (Å²) >= 11 is 6.37. The SMILES string of the molecule is C=C/C=C(\C)C#Cc1ccc(-n2c(=O)c3cnccc3n(C)c2=O)c(Cl)c1. The van der Waals surface area contributed by atoms with Crippen LogP contribution in [0.25, 0.3) is 16.6 Å². The Morgan fingerprint density at radius 1 is 1.30 bits per heavy atom. The Bertz CT molecular complexity index is 1270. The summed E-state index contributed by atoms with van der Waals surface area (Å²) in [6, 6.07) is 6.59. The molecule has 0 N–H and O–H groups in total. The smallest absolute Gasteiger partial charge is 0.296 e. The molecule has 0 aliphatic heterocycles. The van der Waals surface area contributed by atoms with Gasteiger partial charge < -0.3 is 0 Å². The zero-order valence-electron chi connectivity index (χ0n) is 14.9. The van der Waals surface area contributed by atoms with Gasteiger partial charge in [-0.15, -0.1) is 0 Å². The standard InChI is InChI=1S/C21H16ClN3O2/c1-4-5-14(2)6-7-15-8-9-19(17(22)12-15)25-20(26)16-13-23-11-10-18(16)24(3)21(25)27/h4-5,8-13H,1H2,2-3H3/b14-5+. The molecule has 3 aromatic rings. The summed E-state index contributed by atoms with van der Waals surface area (Å²) < 4.78 is 2.44. The Morgan fingerprint density at radius 2 is 2.07 bits per heavy atom. The van der Waals surface area contributed by atoms with E-state index in [9.17, 15) is 9.59 Å². The van der Waals surface area contributed by atoms with Crippen molar-refractivity contribution in [1.82, 2.24) is 14.1 Å². The molecule has 1 aromatic carbocycles. The molecule has 0 fully saturated rings. The molecular formula is C21H16ClN3O2. The molecule has 0 saturated heterocycles. The van der Waals surface area contributed by atoms with Gasteiger partial charge in [0, 0.05) is 25.0 Å². The van der Waals surface area contributed by atoms with Crippen LogP contribution >= 0.6 is 11.6 Å². The number of aryl methyl sites for hydroxylation is 1. The third kappa shape index (κ3) is 3.48. The highest BCUT2D eigenvalue weighted by Gasteiger charge is 2.14. The number of benzene rings is 1. The molecule has 0 aliphatic carbocycles. The molecule has 6 heteroatoms. The Balaban J connectivity index is 2.19. The van der Waals surface area contributed by atoms with Gasteiger partial charge in [0.05, 0.1) is 21.6 Å². The van der Waals surface area contributed by atoms with Crippen molar-refractivity contribution >= 4 is 22.5 Å². The minimum absolute atomic E-state index is 0.259. The summed E-state index contributed by atoms with van der Waals surface area (Å²) in [7, 11) is 1.60. The Morgan fingerprint density at radius 3 is 2.78 bits per heavy atom. The van der Waals surface area contributed by atoms with Crippen LogP contribution in [-0.4, -0.2) is 14.1 Å². The summed E-state index contributed by atoms with van der Waals surface area (Å²) in [6.45, 7) is 5.50. The third-order valence-corrected chi connectivity index (χ3v) is 4.33. The van der Waals surface area contributed by atoms with Crippen LogP contribution in [-0.2, 0) is 7.05 Å². The van der Waals surface area contributed by atoms with E-state index in [4.69, 9.17) is 11.6 Å². The van der Waals surface area contributed by atoms with Crippen molar-refractivity contribution in [3.63, 3.8) is 0 Å². The van der Waals surface area contributed by atoms with Crippen LogP contribution in [0.1, 0.15) is 12.5 Å². The van der Waals surface area contributed by atoms with Crippen LogP contribution in [0.15, 0.2) is 70.6 Å². The number of nitrogens with zero attached hydrogens (tertiary/aromatic N) is 3. The van der Waals surface area contributed by atoms with Crippen molar-refractivity contribution < 1.29 is 0 Å². The molecule has 0 saturated carbocycles. The first-order chi connectivity index (χ1) is 12.9. The lowest BCUT2D eigenvalue weighted by atomic mass is 10.2. The molecule has 0 bridgehead atoms. The summed E-state index contributed by atoms with van der Waals surface area (Å²) in [5.74, 6) is 5.97. The maximum absolute atomic E-state index is 12.8. The predicted molar refractivity (Wildman–Crippen MR) is 108 cm³/mol. The van der Waals surface area contributed by atoms with E-state index in [0.717, 1.165) is 10.1 Å². The molecular weight excluding hydrogens is 362 g/mol. The second kappa shape index (κ2) is 7.48. The van der Waals surface area contributed by atoms with E-state index < -0.39 is 11.2 Å². The van der Waals surface area contributed by atoms with E-state index >= 15 is 0 Å². The number of halogens is 1. The highest BCUT2D eigenvalue weighted by Crippen LogP contribution is 2.20. The maximum atomic E-state index is 12.8. The predicted octanol–water partition coefficient (Wildman–Crippen LogP) is 3.22. The summed E-state index contributed by atoms with van der Waals surface area (Å²) in [6.07, 6.45) is 6.44. The number of fused-ring (bicyclic) bond motifs is 1. The van der Waals surface area contributed by atoms with E-state index in [-0.39, 0.29) is 5.02 Å². The number of allylic oxidation sites excluding steroid dienone is 3. The zero-order chi connectivity index (χ0) is 19.6. The first kappa shape index (κ1) is 18.4. The summed E-state index contributed by atoms with van der Waals surface area (Å²) in [5.41, 5.74) is 1.40. The number of hydrogen-bond acceptors (Lipinski definition) is 3. The van der Waals surface area contributed by atoms with Crippen molar-refractivity contribution in [1.29, 1.82) is 0 Å². The van der Waals surface area contributed by atoms with E-state index in [1.54, 1.807) is 43.5 Å². The summed E-state index contributed by atoms with van der Waals surface area (Å²) in [5, 5.41) is 0.597. The van der Waals surface area contributed by atoms with Gasteiger partial charge in [-0.05, 0) is 36.8 Å². The molecule has 2 aromatic heterocycles. The molecule has 0 atom stereocenters. The van der Waals surface area contributed by atoms with Gasteiger partial charge in [0.15, 0.2) is 0 Å². The minimum Gasteiger partial charge on any atom is -0.296 e. The lowest BCUT2D eigenvalue weighted by Gasteiger charge is -2.11. The number of pyridine rings is 1. The van der Waals surface area contributed by atoms with Crippen molar-refractivity contribution in [2.45, 2.75) is 6.92 Å². The van der Waals surface area contributed by atoms with Crippen LogP contribution in [0.3, 0.4) is 0 Å². The minimum atomic E-state index is -0.482. The molecule has 2 heterocycles. The molecule has 0 amide bonds. The molecule has 0 radical (unpaired) electrons. The first-order valence-electron chi connectivity index (χ1n) is 8.11. The molecule has 5 nitrogen and oxygen atoms in total. The fourth-order valence-electron chi connectivity index (χ4n) is 2.67. The van der Waals surface area contributed by atoms with E-state index in [0.29, 0.717) is 22.2 Å². The highest BCUT2D eigenvalue weighted by molar-refractivity contribution is 6.32. The average Bonchev–Trinajstić information content (AvgIpc) is 2.66. The van der Waals surface area contributed by atoms with E-state index in [2.05, 4.69) is 23.4 Å². The first-order valence-corrected chi connectivity index (χ1v) is 8.49. The maximum Gasteiger partial charge on any atom is 0.335 e. The molecule has 0 spiro atoms. The van der Waals surface area contributed by atoms with Gasteiger partial charge >= 0.3 is 5.69 Å². The highest BCUT2D eigenvalue weighted by atomic mass is 35.5. The normalized spacial score (nSPS) is 11.1. The molecule has 134 valence electrons. The number of hydrogen-bond donors (Lipinski definition) is 0. The average molecular weight is 378 g/mol. The lowest BCUT2D eigenvalue weighted by Crippen LogP contribution is -2.38. The van der Waals surface area contributed by atoms with Gasteiger partial charge in [0.1, 0.15) is 0 Å². The van der Waals surface area contributed by atoms with E-state index in [1.807, 2.05) is 6.92 Å². The second-order valence-electron chi connectivity index (χ2n) is 5.88. The topological polar surface area (TPSA) is 56.9 Å². The van der Waals surface area contributed by atoms with Crippen LogP contribution in [0, 0.1) is 11.8 Å². The fourth-order valence-corrected chi connectivity index (χ4v) is 2.94. The summed E-state index contributed by atoms with van der Waals surface area (Å²) in [4.78, 5) is 29.5. The quantitative estimate of drug-likeness (QED) is 0.509. The van der Waals surface area contributed by atoms with E-state index in [1.165, 1.54) is 17.0 Å². The van der Waals surface area contributed by atoms with Gasteiger partial charge in [-0.3, -0.25) is 14.3 Å². The van der Waals surface area contributed by atoms with Gasteiger partial charge in [-0.1, -0.05) is 42.2 Å². The van der Waals surface area contributed by atoms with Crippen molar-refractivity contribution in [3.05, 3.63) is 92.4 Å². The Hall–Kier alpha value is -3.36. The monoisotopic (exact) mass is 377 g/mol. The second-order valence-corrected chi connectivity index (χ2v) is 6.28. The van der Waals surface area contributed by atoms with Gasteiger partial charge in [-0.2, -0.15) is 0 Å². The van der Waals surface area contributed by atoms with Crippen LogP contribution < -0.4 is 11.2 Å². The molecule has 0 aliphatic rings. The number of aromatic nitrogens is 3. The fraction of sp³-hybridized carbons (Fsp3) is 0.0952.